The zero-order valence-electron chi connectivity index (χ0n) is 16.5. The molecule has 0 N–H and O–H groups in total. The van der Waals surface area contributed by atoms with Crippen molar-refractivity contribution < 1.29 is 18.0 Å². The summed E-state index contributed by atoms with van der Waals surface area (Å²) in [5.41, 5.74) is 1.94. The molecule has 0 aliphatic heterocycles. The van der Waals surface area contributed by atoms with Crippen molar-refractivity contribution in [1.29, 1.82) is 0 Å². The van der Waals surface area contributed by atoms with Crippen molar-refractivity contribution in [3.05, 3.63) is 41.5 Å². The topological polar surface area (TPSA) is 74.5 Å². The van der Waals surface area contributed by atoms with Crippen molar-refractivity contribution in [2.45, 2.75) is 34.1 Å². The van der Waals surface area contributed by atoms with Crippen LogP contribution in [0.15, 0.2) is 41.1 Å². The Bertz CT molecular complexity index is 942. The molecule has 0 bridgehead atoms. The summed E-state index contributed by atoms with van der Waals surface area (Å²) in [7, 11) is -3.47. The molecule has 0 aromatic carbocycles. The van der Waals surface area contributed by atoms with Crippen LogP contribution in [-0.4, -0.2) is 23.2 Å². The summed E-state index contributed by atoms with van der Waals surface area (Å²) in [5.74, 6) is 1.03. The number of hydrogen-bond acceptors (Lipinski definition) is 7. The maximum atomic E-state index is 13.0. The molecule has 3 aromatic heterocycles. The molecule has 0 aliphatic carbocycles. The van der Waals surface area contributed by atoms with Gasteiger partial charge < -0.3 is 13.5 Å². The number of hydrogen-bond donors (Lipinski definition) is 0. The van der Waals surface area contributed by atoms with Crippen LogP contribution in [-0.2, 0) is 20.0 Å². The van der Waals surface area contributed by atoms with E-state index in [0.717, 1.165) is 27.6 Å². The summed E-state index contributed by atoms with van der Waals surface area (Å²) in [6, 6.07) is 7.32. The van der Waals surface area contributed by atoms with Gasteiger partial charge in [-0.2, -0.15) is 0 Å². The number of aromatic nitrogens is 2. The molecule has 0 spiro atoms. The Kier molecular flexibility index (Phi) is 6.83. The highest BCUT2D eigenvalue weighted by molar-refractivity contribution is 7.61. The maximum Gasteiger partial charge on any atom is 0.396 e. The van der Waals surface area contributed by atoms with E-state index in [2.05, 4.69) is 18.8 Å². The molecule has 3 aromatic rings. The highest BCUT2D eigenvalue weighted by Crippen LogP contribution is 2.48. The second-order valence-electron chi connectivity index (χ2n) is 6.60. The molecule has 28 heavy (non-hydrogen) atoms. The first-order chi connectivity index (χ1) is 13.5. The largest absolute Gasteiger partial charge is 0.446 e. The second-order valence-corrected chi connectivity index (χ2v) is 9.64. The first kappa shape index (κ1) is 20.9. The predicted molar refractivity (Wildman–Crippen MR) is 112 cm³/mol. The Morgan fingerprint density at radius 3 is 2.54 bits per heavy atom. The molecule has 0 atom stereocenters. The molecular formula is C20H25N2O4PS. The fourth-order valence-corrected chi connectivity index (χ4v) is 5.52. The van der Waals surface area contributed by atoms with Crippen molar-refractivity contribution in [2.75, 3.05) is 13.2 Å². The van der Waals surface area contributed by atoms with Crippen LogP contribution >= 0.6 is 18.9 Å². The van der Waals surface area contributed by atoms with Crippen LogP contribution in [0.4, 0.5) is 0 Å². The van der Waals surface area contributed by atoms with E-state index in [1.165, 1.54) is 0 Å². The molecule has 3 heterocycles. The highest BCUT2D eigenvalue weighted by Gasteiger charge is 2.31. The van der Waals surface area contributed by atoms with Crippen LogP contribution in [0.1, 0.15) is 32.6 Å². The number of thiazole rings is 1. The van der Waals surface area contributed by atoms with Gasteiger partial charge in [-0.1, -0.05) is 13.8 Å². The molecular weight excluding hydrogens is 395 g/mol. The number of nitrogens with zero attached hydrogens (tertiary/aromatic N) is 2. The lowest BCUT2D eigenvalue weighted by molar-refractivity contribution is 0.225. The fourth-order valence-electron chi connectivity index (χ4n) is 2.77. The van der Waals surface area contributed by atoms with Crippen LogP contribution in [0.3, 0.4) is 0 Å². The van der Waals surface area contributed by atoms with Crippen molar-refractivity contribution in [3.8, 4) is 22.0 Å². The number of rotatable bonds is 9. The van der Waals surface area contributed by atoms with Crippen LogP contribution < -0.4 is 5.50 Å². The fraction of sp³-hybridized carbons (Fsp3) is 0.400. The number of pyridine rings is 1. The Hall–Kier alpha value is -1.79. The predicted octanol–water partition coefficient (Wildman–Crippen LogP) is 5.56. The normalized spacial score (nSPS) is 12.0. The Morgan fingerprint density at radius 1 is 1.18 bits per heavy atom. The zero-order valence-corrected chi connectivity index (χ0v) is 18.3. The molecule has 8 heteroatoms. The Morgan fingerprint density at radius 2 is 1.93 bits per heavy atom. The van der Waals surface area contributed by atoms with Gasteiger partial charge in [0.15, 0.2) is 5.76 Å². The molecule has 6 nitrogen and oxygen atoms in total. The SMILES string of the molecule is CCOP(=O)(OCC)c1ccc(-c2nc(-c3cccnc3)sc2CC(C)C)o1. The minimum atomic E-state index is -3.47. The van der Waals surface area contributed by atoms with E-state index >= 15 is 0 Å². The summed E-state index contributed by atoms with van der Waals surface area (Å²) in [4.78, 5) is 10.1. The lowest BCUT2D eigenvalue weighted by Crippen LogP contribution is -2.08. The summed E-state index contributed by atoms with van der Waals surface area (Å²) in [6.07, 6.45) is 4.41. The van der Waals surface area contributed by atoms with Gasteiger partial charge in [0.05, 0.1) is 13.2 Å². The monoisotopic (exact) mass is 420 g/mol. The van der Waals surface area contributed by atoms with Gasteiger partial charge in [-0.15, -0.1) is 11.3 Å². The molecule has 0 saturated heterocycles. The molecule has 0 aliphatic rings. The van der Waals surface area contributed by atoms with Gasteiger partial charge in [0.1, 0.15) is 10.7 Å². The van der Waals surface area contributed by atoms with E-state index in [0.29, 0.717) is 11.7 Å². The van der Waals surface area contributed by atoms with Crippen LogP contribution in [0, 0.1) is 5.92 Å². The highest BCUT2D eigenvalue weighted by atomic mass is 32.1. The molecule has 150 valence electrons. The lowest BCUT2D eigenvalue weighted by Gasteiger charge is -2.13. The van der Waals surface area contributed by atoms with Crippen LogP contribution in [0.25, 0.3) is 22.0 Å². The molecule has 0 saturated carbocycles. The standard InChI is InChI=1S/C20H25N2O4PS/c1-5-24-27(23,25-6-2)18-10-9-16(26-18)19-17(12-14(3)4)28-20(22-19)15-8-7-11-21-13-15/h7-11,13-14H,5-6,12H2,1-4H3. The minimum absolute atomic E-state index is 0.206. The average molecular weight is 420 g/mol. The van der Waals surface area contributed by atoms with Crippen LogP contribution in [0.5, 0.6) is 0 Å². The zero-order chi connectivity index (χ0) is 20.1. The Labute approximate surface area is 169 Å². The smallest absolute Gasteiger partial charge is 0.396 e. The first-order valence-electron chi connectivity index (χ1n) is 9.36. The van der Waals surface area contributed by atoms with Gasteiger partial charge in [0, 0.05) is 22.8 Å². The van der Waals surface area contributed by atoms with E-state index in [-0.39, 0.29) is 18.7 Å². The van der Waals surface area contributed by atoms with Gasteiger partial charge in [-0.3, -0.25) is 9.55 Å². The van der Waals surface area contributed by atoms with E-state index in [4.69, 9.17) is 18.4 Å². The van der Waals surface area contributed by atoms with E-state index < -0.39 is 7.60 Å². The molecule has 0 radical (unpaired) electrons. The molecule has 3 rings (SSSR count). The molecule has 0 amide bonds. The second kappa shape index (κ2) is 9.14. The lowest BCUT2D eigenvalue weighted by atomic mass is 10.1. The van der Waals surface area contributed by atoms with Gasteiger partial charge in [0.2, 0.25) is 5.50 Å². The van der Waals surface area contributed by atoms with Crippen molar-refractivity contribution >= 4 is 24.4 Å². The summed E-state index contributed by atoms with van der Waals surface area (Å²) in [5, 5.41) is 0.884. The van der Waals surface area contributed by atoms with Gasteiger partial charge >= 0.3 is 7.60 Å². The Balaban J connectivity index is 2.02. The maximum absolute atomic E-state index is 13.0. The summed E-state index contributed by atoms with van der Waals surface area (Å²) >= 11 is 1.63. The van der Waals surface area contributed by atoms with Gasteiger partial charge in [-0.25, -0.2) is 4.98 Å². The first-order valence-corrected chi connectivity index (χ1v) is 11.7. The van der Waals surface area contributed by atoms with E-state index in [1.807, 2.05) is 12.1 Å². The van der Waals surface area contributed by atoms with E-state index in [9.17, 15) is 4.57 Å². The van der Waals surface area contributed by atoms with Crippen molar-refractivity contribution in [3.63, 3.8) is 0 Å². The van der Waals surface area contributed by atoms with E-state index in [1.54, 1.807) is 49.7 Å². The van der Waals surface area contributed by atoms with Gasteiger partial charge in [-0.05, 0) is 50.5 Å². The summed E-state index contributed by atoms with van der Waals surface area (Å²) < 4.78 is 29.7. The number of furan rings is 1. The van der Waals surface area contributed by atoms with Gasteiger partial charge in [0.25, 0.3) is 0 Å². The minimum Gasteiger partial charge on any atom is -0.446 e. The third kappa shape index (κ3) is 4.61. The van der Waals surface area contributed by atoms with Crippen molar-refractivity contribution in [2.24, 2.45) is 5.92 Å². The third-order valence-electron chi connectivity index (χ3n) is 3.89. The quantitative estimate of drug-likeness (QED) is 0.422. The molecule has 0 unspecified atom stereocenters. The van der Waals surface area contributed by atoms with Crippen molar-refractivity contribution in [1.82, 2.24) is 9.97 Å². The average Bonchev–Trinajstić information content (AvgIpc) is 3.30. The third-order valence-corrected chi connectivity index (χ3v) is 7.00. The van der Waals surface area contributed by atoms with Crippen LogP contribution in [0.2, 0.25) is 0 Å². The summed E-state index contributed by atoms with van der Waals surface area (Å²) in [6.45, 7) is 8.42. The molecule has 0 fully saturated rings.